The summed E-state index contributed by atoms with van der Waals surface area (Å²) >= 11 is 0. The van der Waals surface area contributed by atoms with Crippen molar-refractivity contribution in [3.8, 4) is 0 Å². The fraction of sp³-hybridized carbons (Fsp3) is 0.429. The number of benzene rings is 1. The van der Waals surface area contributed by atoms with Gasteiger partial charge >= 0.3 is 0 Å². The van der Waals surface area contributed by atoms with Gasteiger partial charge in [0.25, 0.3) is 0 Å². The molecule has 0 unspecified atom stereocenters. The van der Waals surface area contributed by atoms with Gasteiger partial charge in [-0.1, -0.05) is 25.5 Å². The summed E-state index contributed by atoms with van der Waals surface area (Å²) in [5, 5.41) is 10.2. The van der Waals surface area contributed by atoms with E-state index in [4.69, 9.17) is 4.98 Å². The molecule has 7 nitrogen and oxygen atoms in total. The van der Waals surface area contributed by atoms with Crippen LogP contribution in [0.5, 0.6) is 0 Å². The standard InChI is InChI=1S/C21H25N7/c1-3-4-12-27(14-18-22-11-13-26(18)2)21-23-17-8-6-5-7-16(17)20-25-24-19(28(20)21)15-9-10-15/h5-8,11,13,15H,3-4,9-10,12,14H2,1-2H3. The van der Waals surface area contributed by atoms with Gasteiger partial charge in [0, 0.05) is 37.3 Å². The molecule has 0 N–H and O–H groups in total. The first-order valence-corrected chi connectivity index (χ1v) is 10.1. The van der Waals surface area contributed by atoms with Crippen molar-refractivity contribution in [1.82, 2.24) is 29.1 Å². The molecule has 0 saturated heterocycles. The Morgan fingerprint density at radius 3 is 2.79 bits per heavy atom. The zero-order valence-electron chi connectivity index (χ0n) is 16.4. The van der Waals surface area contributed by atoms with Gasteiger partial charge in [-0.2, -0.15) is 0 Å². The molecule has 1 fully saturated rings. The van der Waals surface area contributed by atoms with Crippen molar-refractivity contribution in [3.63, 3.8) is 0 Å². The second kappa shape index (κ2) is 6.89. The molecule has 1 aliphatic carbocycles. The highest BCUT2D eigenvalue weighted by Gasteiger charge is 2.31. The predicted molar refractivity (Wildman–Crippen MR) is 109 cm³/mol. The van der Waals surface area contributed by atoms with Crippen LogP contribution in [-0.4, -0.2) is 35.7 Å². The Morgan fingerprint density at radius 1 is 1.18 bits per heavy atom. The highest BCUT2D eigenvalue weighted by Crippen LogP contribution is 2.40. The molecular weight excluding hydrogens is 350 g/mol. The van der Waals surface area contributed by atoms with E-state index in [-0.39, 0.29) is 0 Å². The molecule has 144 valence electrons. The second-order valence-electron chi connectivity index (χ2n) is 7.65. The van der Waals surface area contributed by atoms with E-state index in [1.807, 2.05) is 31.6 Å². The van der Waals surface area contributed by atoms with E-state index in [1.165, 1.54) is 12.8 Å². The normalized spacial score (nSPS) is 14.2. The molecule has 0 bridgehead atoms. The molecule has 1 aliphatic rings. The zero-order valence-corrected chi connectivity index (χ0v) is 16.4. The van der Waals surface area contributed by atoms with Crippen molar-refractivity contribution in [2.75, 3.05) is 11.4 Å². The average molecular weight is 375 g/mol. The second-order valence-corrected chi connectivity index (χ2v) is 7.65. The number of unbranched alkanes of at least 4 members (excludes halogenated alkanes) is 1. The lowest BCUT2D eigenvalue weighted by atomic mass is 10.2. The van der Waals surface area contributed by atoms with E-state index < -0.39 is 0 Å². The maximum Gasteiger partial charge on any atom is 0.213 e. The number of nitrogens with zero attached hydrogens (tertiary/aromatic N) is 7. The van der Waals surface area contributed by atoms with E-state index in [2.05, 4.69) is 48.1 Å². The smallest absolute Gasteiger partial charge is 0.213 e. The number of para-hydroxylation sites is 1. The van der Waals surface area contributed by atoms with Crippen LogP contribution in [0.15, 0.2) is 36.7 Å². The van der Waals surface area contributed by atoms with Gasteiger partial charge in [0.1, 0.15) is 11.6 Å². The minimum atomic E-state index is 0.498. The van der Waals surface area contributed by atoms with Crippen molar-refractivity contribution >= 4 is 22.5 Å². The minimum absolute atomic E-state index is 0.498. The van der Waals surface area contributed by atoms with Crippen molar-refractivity contribution in [3.05, 3.63) is 48.3 Å². The van der Waals surface area contributed by atoms with Crippen LogP contribution in [0, 0.1) is 0 Å². The molecule has 3 aromatic heterocycles. The molecular formula is C21H25N7. The molecule has 7 heteroatoms. The maximum absolute atomic E-state index is 5.08. The van der Waals surface area contributed by atoms with Gasteiger partial charge in [-0.15, -0.1) is 10.2 Å². The summed E-state index contributed by atoms with van der Waals surface area (Å²) in [6.45, 7) is 3.86. The Morgan fingerprint density at radius 2 is 2.04 bits per heavy atom. The van der Waals surface area contributed by atoms with Crippen LogP contribution < -0.4 is 4.90 Å². The Labute approximate surface area is 164 Å². The lowest BCUT2D eigenvalue weighted by Crippen LogP contribution is -2.29. The summed E-state index contributed by atoms with van der Waals surface area (Å²) in [4.78, 5) is 12.0. The number of rotatable bonds is 7. The number of hydrogen-bond donors (Lipinski definition) is 0. The molecule has 0 atom stereocenters. The van der Waals surface area contributed by atoms with Gasteiger partial charge < -0.3 is 9.47 Å². The summed E-state index contributed by atoms with van der Waals surface area (Å²) in [6, 6.07) is 8.21. The van der Waals surface area contributed by atoms with Crippen LogP contribution in [0.2, 0.25) is 0 Å². The maximum atomic E-state index is 5.08. The first kappa shape index (κ1) is 17.2. The third kappa shape index (κ3) is 2.91. The van der Waals surface area contributed by atoms with Crippen LogP contribution in [0.3, 0.4) is 0 Å². The number of aryl methyl sites for hydroxylation is 1. The summed E-state index contributed by atoms with van der Waals surface area (Å²) in [5.74, 6) is 3.50. The monoisotopic (exact) mass is 375 g/mol. The van der Waals surface area contributed by atoms with Gasteiger partial charge in [0.2, 0.25) is 5.95 Å². The molecule has 1 aromatic carbocycles. The molecule has 28 heavy (non-hydrogen) atoms. The Bertz CT molecular complexity index is 1120. The summed E-state index contributed by atoms with van der Waals surface area (Å²) in [7, 11) is 2.04. The van der Waals surface area contributed by atoms with Crippen LogP contribution in [-0.2, 0) is 13.6 Å². The Kier molecular flexibility index (Phi) is 4.22. The highest BCUT2D eigenvalue weighted by atomic mass is 15.4. The number of hydrogen-bond acceptors (Lipinski definition) is 5. The van der Waals surface area contributed by atoms with Gasteiger partial charge in [-0.3, -0.25) is 0 Å². The summed E-state index contributed by atoms with van der Waals surface area (Å²) < 4.78 is 4.27. The van der Waals surface area contributed by atoms with E-state index in [1.54, 1.807) is 0 Å². The minimum Gasteiger partial charge on any atom is -0.337 e. The molecule has 0 amide bonds. The summed E-state index contributed by atoms with van der Waals surface area (Å²) in [6.07, 6.45) is 8.44. The molecule has 0 radical (unpaired) electrons. The van der Waals surface area contributed by atoms with E-state index in [9.17, 15) is 0 Å². The number of fused-ring (bicyclic) bond motifs is 3. The van der Waals surface area contributed by atoms with Gasteiger partial charge in [-0.05, 0) is 31.4 Å². The average Bonchev–Trinajstić information content (AvgIpc) is 3.33. The van der Waals surface area contributed by atoms with Gasteiger partial charge in [0.15, 0.2) is 5.65 Å². The third-order valence-electron chi connectivity index (χ3n) is 5.51. The van der Waals surface area contributed by atoms with Gasteiger partial charge in [-0.25, -0.2) is 14.4 Å². The fourth-order valence-electron chi connectivity index (χ4n) is 3.72. The lowest BCUT2D eigenvalue weighted by molar-refractivity contribution is 0.656. The highest BCUT2D eigenvalue weighted by molar-refractivity contribution is 5.92. The molecule has 4 aromatic rings. The van der Waals surface area contributed by atoms with Crippen LogP contribution >= 0.6 is 0 Å². The largest absolute Gasteiger partial charge is 0.337 e. The summed E-state index contributed by atoms with van der Waals surface area (Å²) in [5.41, 5.74) is 1.87. The lowest BCUT2D eigenvalue weighted by Gasteiger charge is -2.25. The molecule has 1 saturated carbocycles. The van der Waals surface area contributed by atoms with Crippen molar-refractivity contribution in [2.45, 2.75) is 45.1 Å². The SMILES string of the molecule is CCCCN(Cc1nccn1C)c1nc2ccccc2c2nnc(C3CC3)n12. The van der Waals surface area contributed by atoms with E-state index in [0.717, 1.165) is 53.5 Å². The first-order valence-electron chi connectivity index (χ1n) is 10.1. The topological polar surface area (TPSA) is 64.1 Å². The Balaban J connectivity index is 1.70. The Hall–Kier alpha value is -2.96. The van der Waals surface area contributed by atoms with E-state index in [0.29, 0.717) is 12.5 Å². The van der Waals surface area contributed by atoms with Crippen LogP contribution in [0.1, 0.15) is 50.2 Å². The van der Waals surface area contributed by atoms with Crippen molar-refractivity contribution in [1.29, 1.82) is 0 Å². The fourth-order valence-corrected chi connectivity index (χ4v) is 3.72. The van der Waals surface area contributed by atoms with Crippen molar-refractivity contribution < 1.29 is 0 Å². The molecule has 0 spiro atoms. The molecule has 0 aliphatic heterocycles. The third-order valence-corrected chi connectivity index (χ3v) is 5.51. The first-order chi connectivity index (χ1) is 13.8. The van der Waals surface area contributed by atoms with Crippen LogP contribution in [0.4, 0.5) is 5.95 Å². The van der Waals surface area contributed by atoms with Crippen molar-refractivity contribution in [2.24, 2.45) is 7.05 Å². The number of imidazole rings is 1. The zero-order chi connectivity index (χ0) is 19.1. The van der Waals surface area contributed by atoms with E-state index >= 15 is 0 Å². The predicted octanol–water partition coefficient (Wildman–Crippen LogP) is 3.70. The number of aromatic nitrogens is 6. The molecule has 3 heterocycles. The number of anilines is 1. The van der Waals surface area contributed by atoms with Gasteiger partial charge in [0.05, 0.1) is 12.1 Å². The van der Waals surface area contributed by atoms with Crippen LogP contribution in [0.25, 0.3) is 16.6 Å². The molecule has 5 rings (SSSR count). The quantitative estimate of drug-likeness (QED) is 0.493.